The van der Waals surface area contributed by atoms with Crippen molar-refractivity contribution in [2.45, 2.75) is 18.6 Å². The van der Waals surface area contributed by atoms with E-state index in [2.05, 4.69) is 15.6 Å². The molecule has 2 aliphatic heterocycles. The number of hydrogen-bond acceptors (Lipinski definition) is 8. The average molecular weight is 628 g/mol. The maximum atomic E-state index is 14.8. The van der Waals surface area contributed by atoms with E-state index in [4.69, 9.17) is 21.6 Å². The van der Waals surface area contributed by atoms with Crippen molar-refractivity contribution in [3.63, 3.8) is 0 Å². The lowest BCUT2D eigenvalue weighted by Gasteiger charge is -2.36. The lowest BCUT2D eigenvalue weighted by Crippen LogP contribution is -2.55. The summed E-state index contributed by atoms with van der Waals surface area (Å²) in [6.07, 6.45) is 1.02. The van der Waals surface area contributed by atoms with Crippen molar-refractivity contribution in [3.8, 4) is 23.1 Å². The monoisotopic (exact) mass is 627 g/mol. The van der Waals surface area contributed by atoms with Gasteiger partial charge >= 0.3 is 0 Å². The minimum absolute atomic E-state index is 0.0985. The largest absolute Gasteiger partial charge is 0.476 e. The zero-order valence-electron chi connectivity index (χ0n) is 23.5. The Labute approximate surface area is 255 Å². The molecule has 0 unspecified atom stereocenters. The fourth-order valence-corrected chi connectivity index (χ4v) is 5.47. The van der Waals surface area contributed by atoms with Gasteiger partial charge in [0.1, 0.15) is 12.1 Å². The molecule has 0 saturated carbocycles. The SMILES string of the molecule is Cn1c(-c2ccc(OCC#N)c(F)c2F)cnc1C(=O)Nc1ccc(C(=O)N2CCN(C(=O)[C@H]3NCC[C@@H]3O)CC2)c(Cl)c1. The fourth-order valence-electron chi connectivity index (χ4n) is 5.21. The second kappa shape index (κ2) is 13.0. The van der Waals surface area contributed by atoms with E-state index in [1.807, 2.05) is 0 Å². The number of nitrogens with one attached hydrogen (secondary N) is 2. The number of nitriles is 1. The summed E-state index contributed by atoms with van der Waals surface area (Å²) in [4.78, 5) is 46.1. The molecule has 2 fully saturated rings. The number of rotatable bonds is 7. The first-order valence-electron chi connectivity index (χ1n) is 13.7. The number of halogens is 3. The number of aromatic nitrogens is 2. The summed E-state index contributed by atoms with van der Waals surface area (Å²) in [7, 11) is 1.46. The molecule has 15 heteroatoms. The molecule has 3 aromatic rings. The molecule has 3 heterocycles. The molecule has 3 N–H and O–H groups in total. The van der Waals surface area contributed by atoms with E-state index in [-0.39, 0.29) is 45.2 Å². The average Bonchev–Trinajstić information content (AvgIpc) is 3.62. The number of hydrogen-bond donors (Lipinski definition) is 3. The number of aliphatic hydroxyl groups is 1. The molecule has 2 aliphatic rings. The van der Waals surface area contributed by atoms with Gasteiger partial charge < -0.3 is 34.8 Å². The standard InChI is InChI=1S/C29H28ClF2N7O5/c1-37-20(18-4-5-22(44-13-7-33)24(32)23(18)31)15-35-26(37)27(41)36-16-2-3-17(19(30)14-16)28(42)38-9-11-39(12-10-38)29(43)25-21(40)6-8-34-25/h2-5,14-15,21,25,34,40H,6,8-13H2,1H3,(H,36,41)/t21-,25-/m0/s1. The van der Waals surface area contributed by atoms with E-state index in [0.29, 0.717) is 39.1 Å². The minimum atomic E-state index is -1.27. The van der Waals surface area contributed by atoms with Gasteiger partial charge in [-0.15, -0.1) is 0 Å². The Morgan fingerprint density at radius 3 is 2.55 bits per heavy atom. The summed E-state index contributed by atoms with van der Waals surface area (Å²) in [6.45, 7) is 1.36. The maximum Gasteiger partial charge on any atom is 0.291 e. The van der Waals surface area contributed by atoms with Gasteiger partial charge in [0.25, 0.3) is 11.8 Å². The van der Waals surface area contributed by atoms with E-state index in [0.717, 1.165) is 0 Å². The molecule has 3 amide bonds. The summed E-state index contributed by atoms with van der Waals surface area (Å²) < 4.78 is 35.4. The van der Waals surface area contributed by atoms with Crippen LogP contribution in [0.25, 0.3) is 11.3 Å². The normalized spacial score (nSPS) is 18.2. The maximum absolute atomic E-state index is 14.8. The molecule has 0 aliphatic carbocycles. The van der Waals surface area contributed by atoms with Crippen LogP contribution in [0.5, 0.6) is 5.75 Å². The van der Waals surface area contributed by atoms with Gasteiger partial charge in [-0.05, 0) is 43.3 Å². The molecule has 2 atom stereocenters. The van der Waals surface area contributed by atoms with E-state index in [1.165, 1.54) is 48.1 Å². The number of carbonyl (C=O) groups is 3. The van der Waals surface area contributed by atoms with Crippen molar-refractivity contribution in [1.82, 2.24) is 24.7 Å². The Morgan fingerprint density at radius 2 is 1.89 bits per heavy atom. The van der Waals surface area contributed by atoms with Crippen LogP contribution in [0.1, 0.15) is 27.4 Å². The third-order valence-electron chi connectivity index (χ3n) is 7.60. The van der Waals surface area contributed by atoms with Crippen LogP contribution >= 0.6 is 11.6 Å². The van der Waals surface area contributed by atoms with Gasteiger partial charge in [0, 0.05) is 44.5 Å². The van der Waals surface area contributed by atoms with Gasteiger partial charge in [0.2, 0.25) is 11.7 Å². The molecule has 0 radical (unpaired) electrons. The number of imidazole rings is 1. The van der Waals surface area contributed by atoms with Crippen molar-refractivity contribution >= 4 is 35.0 Å². The summed E-state index contributed by atoms with van der Waals surface area (Å²) in [5.74, 6) is -4.18. The first-order valence-corrected chi connectivity index (χ1v) is 14.1. The number of amides is 3. The first-order chi connectivity index (χ1) is 21.1. The summed E-state index contributed by atoms with van der Waals surface area (Å²) in [5, 5.41) is 24.3. The molecule has 1 aromatic heterocycles. The number of nitrogens with zero attached hydrogens (tertiary/aromatic N) is 5. The van der Waals surface area contributed by atoms with Crippen molar-refractivity contribution in [1.29, 1.82) is 5.26 Å². The number of benzene rings is 2. The number of piperazine rings is 1. The summed E-state index contributed by atoms with van der Waals surface area (Å²) in [5.41, 5.74) is 0.450. The van der Waals surface area contributed by atoms with Crippen LogP contribution in [0.3, 0.4) is 0 Å². The van der Waals surface area contributed by atoms with E-state index in [9.17, 15) is 28.3 Å². The molecular weight excluding hydrogens is 600 g/mol. The third-order valence-corrected chi connectivity index (χ3v) is 7.91. The summed E-state index contributed by atoms with van der Waals surface area (Å²) >= 11 is 6.42. The quantitative estimate of drug-likeness (QED) is 0.360. The number of carbonyl (C=O) groups excluding carboxylic acids is 3. The molecular formula is C29H28ClF2N7O5. The van der Waals surface area contributed by atoms with E-state index in [1.54, 1.807) is 15.9 Å². The topological polar surface area (TPSA) is 153 Å². The highest BCUT2D eigenvalue weighted by Crippen LogP contribution is 2.30. The first kappa shape index (κ1) is 30.9. The third kappa shape index (κ3) is 6.07. The smallest absolute Gasteiger partial charge is 0.291 e. The molecule has 44 heavy (non-hydrogen) atoms. The van der Waals surface area contributed by atoms with Gasteiger partial charge in [-0.25, -0.2) is 9.37 Å². The molecule has 2 aromatic carbocycles. The molecule has 2 saturated heterocycles. The molecule has 5 rings (SSSR count). The van der Waals surface area contributed by atoms with E-state index >= 15 is 0 Å². The highest BCUT2D eigenvalue weighted by atomic mass is 35.5. The van der Waals surface area contributed by atoms with Crippen molar-refractivity contribution in [3.05, 3.63) is 64.6 Å². The highest BCUT2D eigenvalue weighted by Gasteiger charge is 2.36. The predicted octanol–water partition coefficient (Wildman–Crippen LogP) is 2.18. The zero-order chi connectivity index (χ0) is 31.5. The summed E-state index contributed by atoms with van der Waals surface area (Å²) in [6, 6.07) is 7.89. The van der Waals surface area contributed by atoms with Crippen molar-refractivity contribution < 1.29 is 33.0 Å². The highest BCUT2D eigenvalue weighted by molar-refractivity contribution is 6.34. The molecule has 0 spiro atoms. The lowest BCUT2D eigenvalue weighted by atomic mass is 10.1. The number of anilines is 1. The molecule has 12 nitrogen and oxygen atoms in total. The van der Waals surface area contributed by atoms with Gasteiger partial charge in [0.05, 0.1) is 28.6 Å². The Hall–Kier alpha value is -4.58. The van der Waals surface area contributed by atoms with Crippen LogP contribution < -0.4 is 15.4 Å². The van der Waals surface area contributed by atoms with Crippen LogP contribution in [0.4, 0.5) is 14.5 Å². The molecule has 0 bridgehead atoms. The number of aliphatic hydroxyl groups excluding tert-OH is 1. The Bertz CT molecular complexity index is 1650. The van der Waals surface area contributed by atoms with E-state index < -0.39 is 42.0 Å². The predicted molar refractivity (Wildman–Crippen MR) is 154 cm³/mol. The Kier molecular flexibility index (Phi) is 9.09. The van der Waals surface area contributed by atoms with Gasteiger partial charge in [0.15, 0.2) is 24.0 Å². The Morgan fingerprint density at radius 1 is 1.16 bits per heavy atom. The minimum Gasteiger partial charge on any atom is -0.476 e. The van der Waals surface area contributed by atoms with Gasteiger partial charge in [-0.1, -0.05) is 11.6 Å². The van der Waals surface area contributed by atoms with Crippen LogP contribution in [0, 0.1) is 23.0 Å². The number of ether oxygens (including phenoxy) is 1. The Balaban J connectivity index is 1.22. The van der Waals surface area contributed by atoms with Crippen LogP contribution in [0.2, 0.25) is 5.02 Å². The second-order valence-electron chi connectivity index (χ2n) is 10.3. The molecule has 230 valence electrons. The van der Waals surface area contributed by atoms with Crippen molar-refractivity contribution in [2.75, 3.05) is 44.6 Å². The van der Waals surface area contributed by atoms with Gasteiger partial charge in [-0.2, -0.15) is 9.65 Å². The lowest BCUT2D eigenvalue weighted by molar-refractivity contribution is -0.136. The van der Waals surface area contributed by atoms with Crippen LogP contribution in [-0.4, -0.2) is 93.7 Å². The second-order valence-corrected chi connectivity index (χ2v) is 10.7. The van der Waals surface area contributed by atoms with Crippen LogP contribution in [0.15, 0.2) is 36.5 Å². The zero-order valence-corrected chi connectivity index (χ0v) is 24.3. The van der Waals surface area contributed by atoms with Gasteiger partial charge in [-0.3, -0.25) is 14.4 Å². The van der Waals surface area contributed by atoms with Crippen LogP contribution in [-0.2, 0) is 11.8 Å². The van der Waals surface area contributed by atoms with Crippen molar-refractivity contribution in [2.24, 2.45) is 7.05 Å². The fraction of sp³-hybridized carbons (Fsp3) is 0.345.